The van der Waals surface area contributed by atoms with E-state index in [4.69, 9.17) is 0 Å². The molecule has 0 spiro atoms. The molecule has 0 aromatic heterocycles. The normalized spacial score (nSPS) is 8.82. The molecule has 0 radical (unpaired) electrons. The molecule has 2 nitrogen and oxygen atoms in total. The third-order valence-corrected chi connectivity index (χ3v) is 1.20. The summed E-state index contributed by atoms with van der Waals surface area (Å²) in [7, 11) is 3.30. The summed E-state index contributed by atoms with van der Waals surface area (Å²) in [6.07, 6.45) is 2.73. The summed E-state index contributed by atoms with van der Waals surface area (Å²) in [5.41, 5.74) is 0. The first-order valence-electron chi connectivity index (χ1n) is 4.31. The summed E-state index contributed by atoms with van der Waals surface area (Å²) in [6.45, 7) is 3.59. The van der Waals surface area contributed by atoms with Gasteiger partial charge >= 0.3 is 42.6 Å². The van der Waals surface area contributed by atoms with Gasteiger partial charge in [-0.2, -0.15) is 0 Å². The van der Waals surface area contributed by atoms with Crippen molar-refractivity contribution in [2.45, 2.75) is 24.9 Å². The van der Waals surface area contributed by atoms with Crippen LogP contribution in [0.3, 0.4) is 0 Å². The molecule has 0 atom stereocenters. The average molecular weight is 154 g/mol. The zero-order valence-electron chi connectivity index (χ0n) is 8.35. The van der Waals surface area contributed by atoms with Crippen molar-refractivity contribution in [3.05, 3.63) is 0 Å². The van der Waals surface area contributed by atoms with Crippen LogP contribution in [-0.4, -0.2) is 45.1 Å². The van der Waals surface area contributed by atoms with Crippen molar-refractivity contribution in [3.8, 4) is 0 Å². The first-order valence-corrected chi connectivity index (χ1v) is 4.31. The predicted octanol–water partition coefficient (Wildman–Crippen LogP) is 1.65. The van der Waals surface area contributed by atoms with Gasteiger partial charge < -0.3 is 9.47 Å². The van der Waals surface area contributed by atoms with E-state index in [1.54, 1.807) is 14.2 Å². The van der Waals surface area contributed by atoms with E-state index in [1.165, 1.54) is 17.9 Å². The van der Waals surface area contributed by atoms with Gasteiger partial charge in [0.1, 0.15) is 0 Å². The van der Waals surface area contributed by atoms with E-state index in [9.17, 15) is 0 Å². The van der Waals surface area contributed by atoms with Crippen molar-refractivity contribution in [1.29, 1.82) is 0 Å². The Bertz CT molecular complexity index is 45.4. The van der Waals surface area contributed by atoms with E-state index in [0.717, 1.165) is 0 Å². The van der Waals surface area contributed by atoms with Gasteiger partial charge in [0.15, 0.2) is 0 Å². The number of hydrogen-bond acceptors (Lipinski definition) is 2. The first-order chi connectivity index (χ1) is 5.33. The summed E-state index contributed by atoms with van der Waals surface area (Å²) in [6, 6.07) is 0. The van der Waals surface area contributed by atoms with Crippen molar-refractivity contribution in [2.24, 2.45) is 0 Å². The third-order valence-electron chi connectivity index (χ3n) is 1.20. The minimum absolute atomic E-state index is 0.691. The van der Waals surface area contributed by atoms with Crippen LogP contribution in [-0.2, 0) is 9.47 Å². The minimum atomic E-state index is 0.691. The standard InChI is InChI=1S/C4H10O2.C4H9.Li/c1-5-3-4-6-2;1-3-4-2;/h3-4H2,1-2H3;1,3-4H2,2H3;. The third kappa shape index (κ3) is 25.1. The van der Waals surface area contributed by atoms with Gasteiger partial charge in [0.25, 0.3) is 0 Å². The number of hydrogen-bond donors (Lipinski definition) is 0. The summed E-state index contributed by atoms with van der Waals surface area (Å²) in [4.78, 5) is 0. The zero-order valence-corrected chi connectivity index (χ0v) is 8.35. The monoisotopic (exact) mass is 154 g/mol. The molecule has 0 unspecified atom stereocenters. The average Bonchev–Trinajstić information content (AvgIpc) is 2.04. The van der Waals surface area contributed by atoms with Crippen molar-refractivity contribution >= 4 is 17.7 Å². The van der Waals surface area contributed by atoms with Gasteiger partial charge in [0.05, 0.1) is 13.2 Å². The number of unbranched alkanes of at least 4 members (excludes halogenated alkanes) is 1. The van der Waals surface area contributed by atoms with Gasteiger partial charge in [0.2, 0.25) is 0 Å². The molecule has 0 rings (SSSR count). The van der Waals surface area contributed by atoms with Crippen LogP contribution < -0.4 is 0 Å². The summed E-state index contributed by atoms with van der Waals surface area (Å²) in [5, 5.41) is 1.34. The van der Waals surface area contributed by atoms with Crippen LogP contribution in [0.2, 0.25) is 5.09 Å². The zero-order chi connectivity index (χ0) is 8.95. The van der Waals surface area contributed by atoms with E-state index in [1.807, 2.05) is 0 Å². The fraction of sp³-hybridized carbons (Fsp3) is 1.00. The topological polar surface area (TPSA) is 18.5 Å². The van der Waals surface area contributed by atoms with Gasteiger partial charge in [-0.15, -0.1) is 0 Å². The Hall–Kier alpha value is 0.517. The van der Waals surface area contributed by atoms with E-state index < -0.39 is 0 Å². The summed E-state index contributed by atoms with van der Waals surface area (Å²) < 4.78 is 9.31. The van der Waals surface area contributed by atoms with Crippen LogP contribution in [0.5, 0.6) is 0 Å². The molecular weight excluding hydrogens is 135 g/mol. The van der Waals surface area contributed by atoms with Gasteiger partial charge in [-0.1, -0.05) is 0 Å². The first kappa shape index (κ1) is 14.1. The number of ether oxygens (including phenoxy) is 2. The van der Waals surface area contributed by atoms with E-state index in [2.05, 4.69) is 34.1 Å². The Morgan fingerprint density at radius 1 is 1.09 bits per heavy atom. The molecule has 0 aliphatic heterocycles. The molecule has 64 valence electrons. The molecule has 0 fully saturated rings. The molecule has 3 heteroatoms. The molecule has 0 saturated heterocycles. The van der Waals surface area contributed by atoms with Crippen molar-refractivity contribution in [1.82, 2.24) is 0 Å². The van der Waals surface area contributed by atoms with E-state index in [-0.39, 0.29) is 0 Å². The fourth-order valence-electron chi connectivity index (χ4n) is 0.520. The van der Waals surface area contributed by atoms with Crippen LogP contribution in [0, 0.1) is 0 Å². The number of methoxy groups -OCH3 is 2. The van der Waals surface area contributed by atoms with Crippen LogP contribution in [0.1, 0.15) is 19.8 Å². The van der Waals surface area contributed by atoms with Crippen molar-refractivity contribution in [3.63, 3.8) is 0 Å². The Morgan fingerprint density at radius 2 is 1.55 bits per heavy atom. The second-order valence-electron chi connectivity index (χ2n) is 2.34. The SMILES string of the molecule is COCCOC.[Li][CH2]CCC. The quantitative estimate of drug-likeness (QED) is 0.443. The Morgan fingerprint density at radius 3 is 1.64 bits per heavy atom. The molecule has 0 N–H and O–H groups in total. The van der Waals surface area contributed by atoms with Gasteiger partial charge in [0, 0.05) is 14.2 Å². The van der Waals surface area contributed by atoms with Crippen molar-refractivity contribution < 1.29 is 9.47 Å². The van der Waals surface area contributed by atoms with Crippen LogP contribution in [0.4, 0.5) is 0 Å². The number of rotatable bonds is 5. The molecular formula is C8H19LiO2. The maximum absolute atomic E-state index is 4.66. The second-order valence-corrected chi connectivity index (χ2v) is 2.34. The van der Waals surface area contributed by atoms with Crippen molar-refractivity contribution in [2.75, 3.05) is 27.4 Å². The molecule has 0 aliphatic carbocycles. The summed E-state index contributed by atoms with van der Waals surface area (Å²) >= 11 is 2.21. The van der Waals surface area contributed by atoms with Gasteiger partial charge in [-0.25, -0.2) is 0 Å². The maximum atomic E-state index is 4.66. The molecule has 0 aliphatic rings. The molecule has 0 heterocycles. The molecule has 0 aromatic carbocycles. The molecule has 0 saturated carbocycles. The van der Waals surface area contributed by atoms with Crippen LogP contribution >= 0.6 is 0 Å². The summed E-state index contributed by atoms with van der Waals surface area (Å²) in [5.74, 6) is 0. The Labute approximate surface area is 79.8 Å². The van der Waals surface area contributed by atoms with Gasteiger partial charge in [-0.3, -0.25) is 0 Å². The van der Waals surface area contributed by atoms with E-state index in [0.29, 0.717) is 13.2 Å². The molecule has 0 amide bonds. The predicted molar refractivity (Wildman–Crippen MR) is 49.2 cm³/mol. The van der Waals surface area contributed by atoms with Crippen LogP contribution in [0.25, 0.3) is 0 Å². The molecule has 0 aromatic rings. The molecule has 0 bridgehead atoms. The Balaban J connectivity index is 0. The van der Waals surface area contributed by atoms with E-state index >= 15 is 0 Å². The molecule has 11 heavy (non-hydrogen) atoms. The second kappa shape index (κ2) is 16.9. The van der Waals surface area contributed by atoms with Crippen LogP contribution in [0.15, 0.2) is 0 Å². The fourth-order valence-corrected chi connectivity index (χ4v) is 0.520. The Kier molecular flexibility index (Phi) is 21.6. The van der Waals surface area contributed by atoms with Gasteiger partial charge in [-0.05, 0) is 0 Å².